The van der Waals surface area contributed by atoms with Crippen LogP contribution >= 0.6 is 0 Å². The van der Waals surface area contributed by atoms with E-state index in [1.54, 1.807) is 27.7 Å². The van der Waals surface area contributed by atoms with Crippen molar-refractivity contribution in [2.75, 3.05) is 47.8 Å². The van der Waals surface area contributed by atoms with E-state index in [4.69, 9.17) is 28.8 Å². The number of rotatable bonds is 10. The van der Waals surface area contributed by atoms with Crippen molar-refractivity contribution in [1.29, 1.82) is 0 Å². The van der Waals surface area contributed by atoms with Gasteiger partial charge < -0.3 is 33.5 Å². The Morgan fingerprint density at radius 1 is 0.711 bits per heavy atom. The van der Waals surface area contributed by atoms with Gasteiger partial charge in [0.2, 0.25) is 0 Å². The molecule has 0 aromatic carbocycles. The van der Waals surface area contributed by atoms with Crippen LogP contribution in [0.15, 0.2) is 0 Å². The number of carboxylic acid groups (broad SMARTS) is 1. The molecule has 0 saturated carbocycles. The Balaban J connectivity index is 0. The molecule has 2 rings (SSSR count). The first-order valence-corrected chi connectivity index (χ1v) is 15.3. The zero-order chi connectivity index (χ0) is 35.9. The molecule has 3 unspecified atom stereocenters. The highest BCUT2D eigenvalue weighted by molar-refractivity contribution is 5.81. The van der Waals surface area contributed by atoms with E-state index in [0.717, 1.165) is 19.4 Å². The number of ether oxygens (including phenoxy) is 6. The molecule has 2 heterocycles. The van der Waals surface area contributed by atoms with Gasteiger partial charge in [0.05, 0.1) is 68.2 Å². The molecule has 3 atom stereocenters. The Bertz CT molecular complexity index is 939. The van der Waals surface area contributed by atoms with Gasteiger partial charge in [-0.3, -0.25) is 24.0 Å². The molecule has 0 aromatic rings. The second-order valence-corrected chi connectivity index (χ2v) is 13.8. The van der Waals surface area contributed by atoms with E-state index in [9.17, 15) is 24.0 Å². The minimum absolute atomic E-state index is 0.125. The molecule has 2 fully saturated rings. The zero-order valence-corrected chi connectivity index (χ0v) is 30.2. The van der Waals surface area contributed by atoms with Crippen molar-refractivity contribution in [2.24, 2.45) is 27.1 Å². The smallest absolute Gasteiger partial charge is 0.313 e. The fraction of sp³-hybridized carbons (Fsp3) is 0.848. The third-order valence-electron chi connectivity index (χ3n) is 8.30. The number of carboxylic acids is 1. The van der Waals surface area contributed by atoms with Gasteiger partial charge in [-0.2, -0.15) is 0 Å². The van der Waals surface area contributed by atoms with Crippen LogP contribution in [0.4, 0.5) is 0 Å². The Morgan fingerprint density at radius 3 is 1.33 bits per heavy atom. The Labute approximate surface area is 270 Å². The maximum Gasteiger partial charge on any atom is 0.313 e. The third kappa shape index (κ3) is 15.4. The Kier molecular flexibility index (Phi) is 18.8. The first-order valence-electron chi connectivity index (χ1n) is 15.3. The van der Waals surface area contributed by atoms with E-state index in [1.165, 1.54) is 21.3 Å². The molecular formula is C33H60O12. The average molecular weight is 649 g/mol. The summed E-state index contributed by atoms with van der Waals surface area (Å²) in [6, 6.07) is 0. The third-order valence-corrected chi connectivity index (χ3v) is 8.30. The highest BCUT2D eigenvalue weighted by Crippen LogP contribution is 2.40. The number of methoxy groups -OCH3 is 3. The monoisotopic (exact) mass is 648 g/mol. The molecule has 264 valence electrons. The number of carbonyl (C=O) groups excluding carboxylic acids is 4. The number of hydrogen-bond acceptors (Lipinski definition) is 11. The van der Waals surface area contributed by atoms with Crippen molar-refractivity contribution < 1.29 is 57.5 Å². The van der Waals surface area contributed by atoms with Crippen molar-refractivity contribution in [1.82, 2.24) is 0 Å². The van der Waals surface area contributed by atoms with Gasteiger partial charge in [0.25, 0.3) is 0 Å². The van der Waals surface area contributed by atoms with Crippen LogP contribution in [-0.2, 0) is 52.4 Å². The Hall–Kier alpha value is -2.73. The van der Waals surface area contributed by atoms with Crippen LogP contribution in [0.3, 0.4) is 0 Å². The highest BCUT2D eigenvalue weighted by Gasteiger charge is 2.50. The van der Waals surface area contributed by atoms with Crippen LogP contribution in [0.5, 0.6) is 0 Å². The second kappa shape index (κ2) is 19.1. The minimum Gasteiger partial charge on any atom is -0.481 e. The number of aliphatic carboxylic acids is 1. The molecule has 12 heteroatoms. The molecule has 2 saturated heterocycles. The van der Waals surface area contributed by atoms with Crippen molar-refractivity contribution in [3.05, 3.63) is 0 Å². The average Bonchev–Trinajstić information content (AvgIpc) is 3.83. The molecule has 12 nitrogen and oxygen atoms in total. The minimum atomic E-state index is -0.782. The van der Waals surface area contributed by atoms with Crippen molar-refractivity contribution in [3.63, 3.8) is 0 Å². The molecule has 0 aliphatic carbocycles. The molecule has 0 spiro atoms. The summed E-state index contributed by atoms with van der Waals surface area (Å²) in [5, 5.41) is 8.44. The predicted molar refractivity (Wildman–Crippen MR) is 168 cm³/mol. The lowest BCUT2D eigenvalue weighted by Crippen LogP contribution is -2.49. The van der Waals surface area contributed by atoms with Gasteiger partial charge in [-0.1, -0.05) is 20.8 Å². The lowest BCUT2D eigenvalue weighted by atomic mass is 9.71. The van der Waals surface area contributed by atoms with Gasteiger partial charge >= 0.3 is 29.8 Å². The highest BCUT2D eigenvalue weighted by atomic mass is 16.6. The van der Waals surface area contributed by atoms with Gasteiger partial charge in [-0.25, -0.2) is 0 Å². The standard InChI is InChI=1S/C11H18O5.C9H16O3.C7H14O2.C6H12O2/c1-10(8(12)14-3)5-11(2,7-16-6-10)9(13)15-4;1-4-9(2,3)8(10)12-6-7-5-11-7;1-5-7(2,3)6(8)9-4;1-4-6(2,3)5(7)8/h5-7H2,1-4H3;7H,4-6H2,1-3H3;5H2,1-4H3;4H2,1-3H3,(H,7,8). The van der Waals surface area contributed by atoms with Gasteiger partial charge in [-0.05, 0) is 81.1 Å². The van der Waals surface area contributed by atoms with E-state index in [0.29, 0.717) is 19.4 Å². The fourth-order valence-electron chi connectivity index (χ4n) is 3.46. The van der Waals surface area contributed by atoms with Crippen molar-refractivity contribution in [3.8, 4) is 0 Å². The summed E-state index contributed by atoms with van der Waals surface area (Å²) in [6.07, 6.45) is 2.85. The normalized spacial score (nSPS) is 22.3. The summed E-state index contributed by atoms with van der Waals surface area (Å²) in [5.41, 5.74) is -2.77. The van der Waals surface area contributed by atoms with Crippen LogP contribution in [0.25, 0.3) is 0 Å². The van der Waals surface area contributed by atoms with Gasteiger partial charge in [-0.15, -0.1) is 0 Å². The molecule has 0 radical (unpaired) electrons. The summed E-state index contributed by atoms with van der Waals surface area (Å²) in [6.45, 7) is 22.0. The topological polar surface area (TPSA) is 164 Å². The second-order valence-electron chi connectivity index (χ2n) is 13.8. The number of carbonyl (C=O) groups is 5. The molecule has 2 aliphatic rings. The summed E-state index contributed by atoms with van der Waals surface area (Å²) in [7, 11) is 4.08. The molecule has 0 bridgehead atoms. The first kappa shape index (κ1) is 44.4. The largest absolute Gasteiger partial charge is 0.481 e. The van der Waals surface area contributed by atoms with Crippen molar-refractivity contribution in [2.45, 2.75) is 108 Å². The summed E-state index contributed by atoms with van der Waals surface area (Å²) in [4.78, 5) is 55.7. The maximum absolute atomic E-state index is 11.6. The van der Waals surface area contributed by atoms with Crippen LogP contribution in [0, 0.1) is 27.1 Å². The van der Waals surface area contributed by atoms with Gasteiger partial charge in [0.1, 0.15) is 12.7 Å². The van der Waals surface area contributed by atoms with Crippen LogP contribution in [0.2, 0.25) is 0 Å². The zero-order valence-electron chi connectivity index (χ0n) is 30.2. The van der Waals surface area contributed by atoms with Crippen LogP contribution in [-0.4, -0.2) is 88.8 Å². The summed E-state index contributed by atoms with van der Waals surface area (Å²) < 4.78 is 29.4. The number of hydrogen-bond donors (Lipinski definition) is 1. The molecule has 0 aromatic heterocycles. The molecule has 0 amide bonds. The molecular weight excluding hydrogens is 588 g/mol. The number of esters is 4. The van der Waals surface area contributed by atoms with E-state index in [1.807, 2.05) is 48.5 Å². The molecule has 1 N–H and O–H groups in total. The van der Waals surface area contributed by atoms with E-state index >= 15 is 0 Å². The predicted octanol–water partition coefficient (Wildman–Crippen LogP) is 5.23. The fourth-order valence-corrected chi connectivity index (χ4v) is 3.46. The van der Waals surface area contributed by atoms with Gasteiger partial charge in [0.15, 0.2) is 0 Å². The summed E-state index contributed by atoms with van der Waals surface area (Å²) >= 11 is 0. The quantitative estimate of drug-likeness (QED) is 0.187. The lowest BCUT2D eigenvalue weighted by Gasteiger charge is -2.40. The van der Waals surface area contributed by atoms with Gasteiger partial charge in [0, 0.05) is 0 Å². The van der Waals surface area contributed by atoms with Crippen LogP contribution < -0.4 is 0 Å². The maximum atomic E-state index is 11.6. The van der Waals surface area contributed by atoms with E-state index in [-0.39, 0.29) is 54.0 Å². The SMILES string of the molecule is CCC(C)(C)C(=O)O.CCC(C)(C)C(=O)OC.CCC(C)(C)C(=O)OCC1CO1.COC(=O)C1(C)COCC(C)(C(=O)OC)C1. The van der Waals surface area contributed by atoms with Crippen molar-refractivity contribution >= 4 is 29.8 Å². The van der Waals surface area contributed by atoms with E-state index in [2.05, 4.69) is 4.74 Å². The van der Waals surface area contributed by atoms with E-state index < -0.39 is 22.2 Å². The number of epoxide rings is 1. The van der Waals surface area contributed by atoms with Crippen LogP contribution in [0.1, 0.15) is 102 Å². The molecule has 2 aliphatic heterocycles. The Morgan fingerprint density at radius 2 is 1.09 bits per heavy atom. The first-order chi connectivity index (χ1) is 20.5. The lowest BCUT2D eigenvalue weighted by molar-refractivity contribution is -0.179. The summed E-state index contributed by atoms with van der Waals surface area (Å²) in [5.74, 6) is -1.70. The molecule has 45 heavy (non-hydrogen) atoms.